The van der Waals surface area contributed by atoms with Crippen LogP contribution >= 0.6 is 0 Å². The Kier molecular flexibility index (Phi) is 6.94. The first-order valence-corrected chi connectivity index (χ1v) is 8.43. The second kappa shape index (κ2) is 9.17. The van der Waals surface area contributed by atoms with Gasteiger partial charge in [0.05, 0.1) is 12.6 Å². The molecule has 0 saturated carbocycles. The standard InChI is InChI=1S/C18H27N5O2/c1-14(2)16(17-20-9-10-22(17)3)21-18(24)23(11-12-25-4)13-15-5-7-19-8-6-15/h5-10,14,16H,11-13H2,1-4H3,(H,21,24)/t16-/m1/s1. The molecule has 2 aromatic rings. The molecule has 136 valence electrons. The monoisotopic (exact) mass is 345 g/mol. The maximum Gasteiger partial charge on any atom is 0.318 e. The van der Waals surface area contributed by atoms with Crippen molar-refractivity contribution < 1.29 is 9.53 Å². The van der Waals surface area contributed by atoms with Crippen molar-refractivity contribution in [2.45, 2.75) is 26.4 Å². The third-order valence-corrected chi connectivity index (χ3v) is 4.06. The van der Waals surface area contributed by atoms with Gasteiger partial charge in [0.1, 0.15) is 5.82 Å². The molecule has 0 unspecified atom stereocenters. The molecular weight excluding hydrogens is 318 g/mol. The lowest BCUT2D eigenvalue weighted by molar-refractivity contribution is 0.143. The summed E-state index contributed by atoms with van der Waals surface area (Å²) in [5, 5.41) is 3.12. The Hall–Kier alpha value is -2.41. The van der Waals surface area contributed by atoms with Gasteiger partial charge >= 0.3 is 6.03 Å². The van der Waals surface area contributed by atoms with Crippen LogP contribution < -0.4 is 5.32 Å². The number of urea groups is 1. The Labute approximate surface area is 149 Å². The number of rotatable bonds is 8. The lowest BCUT2D eigenvalue weighted by Gasteiger charge is -2.28. The summed E-state index contributed by atoms with van der Waals surface area (Å²) in [4.78, 5) is 23.0. The Bertz CT molecular complexity index is 656. The van der Waals surface area contributed by atoms with E-state index in [4.69, 9.17) is 4.74 Å². The number of aromatic nitrogens is 3. The third kappa shape index (κ3) is 5.29. The van der Waals surface area contributed by atoms with E-state index >= 15 is 0 Å². The fourth-order valence-electron chi connectivity index (χ4n) is 2.59. The van der Waals surface area contributed by atoms with Gasteiger partial charge in [-0.2, -0.15) is 0 Å². The highest BCUT2D eigenvalue weighted by atomic mass is 16.5. The van der Waals surface area contributed by atoms with E-state index in [2.05, 4.69) is 29.1 Å². The lowest BCUT2D eigenvalue weighted by atomic mass is 10.0. The van der Waals surface area contributed by atoms with Gasteiger partial charge in [-0.1, -0.05) is 13.8 Å². The van der Waals surface area contributed by atoms with Gasteiger partial charge in [-0.15, -0.1) is 0 Å². The molecule has 2 heterocycles. The summed E-state index contributed by atoms with van der Waals surface area (Å²) < 4.78 is 7.09. The van der Waals surface area contributed by atoms with Gasteiger partial charge < -0.3 is 19.5 Å². The predicted octanol–water partition coefficient (Wildman–Crippen LogP) is 2.37. The summed E-state index contributed by atoms with van der Waals surface area (Å²) in [5.41, 5.74) is 1.03. The fraction of sp³-hybridized carbons (Fsp3) is 0.500. The molecular formula is C18H27N5O2. The van der Waals surface area contributed by atoms with Gasteiger partial charge in [0.2, 0.25) is 0 Å². The highest BCUT2D eigenvalue weighted by Crippen LogP contribution is 2.20. The van der Waals surface area contributed by atoms with Gasteiger partial charge in [0.15, 0.2) is 0 Å². The van der Waals surface area contributed by atoms with E-state index < -0.39 is 0 Å². The number of aryl methyl sites for hydroxylation is 1. The summed E-state index contributed by atoms with van der Waals surface area (Å²) in [6.07, 6.45) is 7.09. The van der Waals surface area contributed by atoms with Crippen LogP contribution in [0.15, 0.2) is 36.9 Å². The molecule has 0 aromatic carbocycles. The van der Waals surface area contributed by atoms with Crippen LogP contribution in [-0.2, 0) is 18.3 Å². The van der Waals surface area contributed by atoms with E-state index in [0.717, 1.165) is 11.4 Å². The van der Waals surface area contributed by atoms with Crippen LogP contribution in [0.3, 0.4) is 0 Å². The molecule has 0 fully saturated rings. The average molecular weight is 345 g/mol. The predicted molar refractivity (Wildman–Crippen MR) is 95.8 cm³/mol. The highest BCUT2D eigenvalue weighted by molar-refractivity contribution is 5.74. The molecule has 0 saturated heterocycles. The number of imidazole rings is 1. The molecule has 1 N–H and O–H groups in total. The minimum Gasteiger partial charge on any atom is -0.383 e. The first-order valence-electron chi connectivity index (χ1n) is 8.43. The van der Waals surface area contributed by atoms with Crippen molar-refractivity contribution in [1.82, 2.24) is 24.8 Å². The first kappa shape index (κ1) is 18.9. The van der Waals surface area contributed by atoms with E-state index in [1.54, 1.807) is 30.6 Å². The average Bonchev–Trinajstić information content (AvgIpc) is 3.02. The molecule has 0 radical (unpaired) electrons. The van der Waals surface area contributed by atoms with Crippen molar-refractivity contribution in [2.75, 3.05) is 20.3 Å². The molecule has 0 aliphatic rings. The zero-order valence-electron chi connectivity index (χ0n) is 15.3. The molecule has 0 spiro atoms. The van der Waals surface area contributed by atoms with Crippen LogP contribution in [0.25, 0.3) is 0 Å². The van der Waals surface area contributed by atoms with Crippen LogP contribution in [0.4, 0.5) is 4.79 Å². The zero-order chi connectivity index (χ0) is 18.2. The number of methoxy groups -OCH3 is 1. The molecule has 2 aromatic heterocycles. The minimum atomic E-state index is -0.157. The van der Waals surface area contributed by atoms with Crippen LogP contribution in [0.5, 0.6) is 0 Å². The molecule has 0 aliphatic carbocycles. The number of carbonyl (C=O) groups excluding carboxylic acids is 1. The minimum absolute atomic E-state index is 0.129. The SMILES string of the molecule is COCCN(Cc1ccncc1)C(=O)N[C@@H](c1nccn1C)C(C)C. The second-order valence-electron chi connectivity index (χ2n) is 6.34. The number of ether oxygens (including phenoxy) is 1. The van der Waals surface area contributed by atoms with Gasteiger partial charge in [0, 0.05) is 52.0 Å². The van der Waals surface area contributed by atoms with E-state index in [1.807, 2.05) is 29.9 Å². The number of nitrogens with one attached hydrogen (secondary N) is 1. The summed E-state index contributed by atoms with van der Waals surface area (Å²) in [7, 11) is 3.57. The number of carbonyl (C=O) groups is 1. The van der Waals surface area contributed by atoms with Gasteiger partial charge in [-0.25, -0.2) is 9.78 Å². The van der Waals surface area contributed by atoms with Crippen molar-refractivity contribution in [2.24, 2.45) is 13.0 Å². The molecule has 0 aliphatic heterocycles. The summed E-state index contributed by atoms with van der Waals surface area (Å²) in [6, 6.07) is 3.53. The Balaban J connectivity index is 2.12. The van der Waals surface area contributed by atoms with E-state index in [1.165, 1.54) is 0 Å². The van der Waals surface area contributed by atoms with Gasteiger partial charge in [0.25, 0.3) is 0 Å². The van der Waals surface area contributed by atoms with Gasteiger partial charge in [-0.3, -0.25) is 4.98 Å². The highest BCUT2D eigenvalue weighted by Gasteiger charge is 2.24. The van der Waals surface area contributed by atoms with E-state index in [-0.39, 0.29) is 18.0 Å². The van der Waals surface area contributed by atoms with Gasteiger partial charge in [-0.05, 0) is 23.6 Å². The Morgan fingerprint density at radius 2 is 2.04 bits per heavy atom. The van der Waals surface area contributed by atoms with E-state index in [9.17, 15) is 4.79 Å². The Morgan fingerprint density at radius 3 is 2.60 bits per heavy atom. The molecule has 7 nitrogen and oxygen atoms in total. The molecule has 7 heteroatoms. The molecule has 1 atom stereocenters. The first-order chi connectivity index (χ1) is 12.0. The number of nitrogens with zero attached hydrogens (tertiary/aromatic N) is 4. The van der Waals surface area contributed by atoms with Crippen LogP contribution in [0.2, 0.25) is 0 Å². The van der Waals surface area contributed by atoms with Crippen molar-refractivity contribution in [3.63, 3.8) is 0 Å². The lowest BCUT2D eigenvalue weighted by Crippen LogP contribution is -2.44. The molecule has 2 amide bonds. The zero-order valence-corrected chi connectivity index (χ0v) is 15.3. The van der Waals surface area contributed by atoms with Crippen LogP contribution in [0.1, 0.15) is 31.3 Å². The van der Waals surface area contributed by atoms with Crippen molar-refractivity contribution in [3.8, 4) is 0 Å². The van der Waals surface area contributed by atoms with Crippen LogP contribution in [-0.4, -0.2) is 45.7 Å². The van der Waals surface area contributed by atoms with Crippen molar-refractivity contribution in [1.29, 1.82) is 0 Å². The number of amides is 2. The largest absolute Gasteiger partial charge is 0.383 e. The molecule has 2 rings (SSSR count). The second-order valence-corrected chi connectivity index (χ2v) is 6.34. The topological polar surface area (TPSA) is 72.3 Å². The normalized spacial score (nSPS) is 12.2. The fourth-order valence-corrected chi connectivity index (χ4v) is 2.59. The smallest absolute Gasteiger partial charge is 0.318 e. The molecule has 0 bridgehead atoms. The maximum atomic E-state index is 12.9. The number of pyridine rings is 1. The van der Waals surface area contributed by atoms with Crippen LogP contribution in [0, 0.1) is 5.92 Å². The summed E-state index contributed by atoms with van der Waals surface area (Å²) >= 11 is 0. The number of hydrogen-bond acceptors (Lipinski definition) is 4. The van der Waals surface area contributed by atoms with E-state index in [0.29, 0.717) is 19.7 Å². The number of hydrogen-bond donors (Lipinski definition) is 1. The quantitative estimate of drug-likeness (QED) is 0.797. The van der Waals surface area contributed by atoms with Crippen molar-refractivity contribution in [3.05, 3.63) is 48.3 Å². The molecule has 25 heavy (non-hydrogen) atoms. The summed E-state index contributed by atoms with van der Waals surface area (Å²) in [5.74, 6) is 1.06. The third-order valence-electron chi connectivity index (χ3n) is 4.06. The Morgan fingerprint density at radius 1 is 1.32 bits per heavy atom. The maximum absolute atomic E-state index is 12.9. The van der Waals surface area contributed by atoms with Crippen molar-refractivity contribution >= 4 is 6.03 Å². The summed E-state index contributed by atoms with van der Waals surface area (Å²) in [6.45, 7) is 5.64.